The van der Waals surface area contributed by atoms with Gasteiger partial charge in [-0.25, -0.2) is 0 Å². The van der Waals surface area contributed by atoms with Crippen LogP contribution in [0.5, 0.6) is 0 Å². The predicted molar refractivity (Wildman–Crippen MR) is 68.2 cm³/mol. The van der Waals surface area contributed by atoms with Crippen LogP contribution in [0.15, 0.2) is 30.6 Å². The van der Waals surface area contributed by atoms with E-state index in [1.54, 1.807) is 18.2 Å². The summed E-state index contributed by atoms with van der Waals surface area (Å²) in [5, 5.41) is 4.35. The molecule has 0 bridgehead atoms. The monoisotopic (exact) mass is 322 g/mol. The van der Waals surface area contributed by atoms with E-state index in [-0.39, 0.29) is 6.54 Å². The summed E-state index contributed by atoms with van der Waals surface area (Å²) in [6.45, 7) is 0.116. The summed E-state index contributed by atoms with van der Waals surface area (Å²) in [4.78, 5) is 11.0. The van der Waals surface area contributed by atoms with Gasteiger partial charge in [0.05, 0.1) is 28.4 Å². The molecule has 0 aliphatic rings. The van der Waals surface area contributed by atoms with Gasteiger partial charge in [0, 0.05) is 6.20 Å². The number of carbonyl (C=O) groups is 1. The fourth-order valence-electron chi connectivity index (χ4n) is 1.58. The smallest absolute Gasteiger partial charge is 0.284 e. The SMILES string of the molecule is O=C(c1cnn(Cc2cccc(Cl)c2Cl)c1)C(F)(F)F. The molecule has 2 aromatic rings. The van der Waals surface area contributed by atoms with Crippen LogP contribution in [0.2, 0.25) is 10.0 Å². The summed E-state index contributed by atoms with van der Waals surface area (Å²) >= 11 is 11.8. The zero-order valence-electron chi connectivity index (χ0n) is 9.79. The molecule has 1 heterocycles. The molecule has 3 nitrogen and oxygen atoms in total. The second-order valence-corrected chi connectivity index (χ2v) is 4.75. The van der Waals surface area contributed by atoms with Crippen molar-refractivity contribution in [1.29, 1.82) is 0 Å². The maximum atomic E-state index is 12.3. The minimum Gasteiger partial charge on any atom is -0.284 e. The molecule has 20 heavy (non-hydrogen) atoms. The topological polar surface area (TPSA) is 34.9 Å². The normalized spacial score (nSPS) is 11.7. The summed E-state index contributed by atoms with van der Waals surface area (Å²) in [6.07, 6.45) is -3.02. The third kappa shape index (κ3) is 3.13. The Balaban J connectivity index is 2.22. The third-order valence-electron chi connectivity index (χ3n) is 2.52. The van der Waals surface area contributed by atoms with Gasteiger partial charge < -0.3 is 0 Å². The first-order valence-corrected chi connectivity index (χ1v) is 6.11. The molecule has 2 rings (SSSR count). The van der Waals surface area contributed by atoms with E-state index in [0.717, 1.165) is 12.4 Å². The molecule has 0 saturated heterocycles. The number of rotatable bonds is 3. The fourth-order valence-corrected chi connectivity index (χ4v) is 1.96. The van der Waals surface area contributed by atoms with Gasteiger partial charge in [0.1, 0.15) is 0 Å². The van der Waals surface area contributed by atoms with Gasteiger partial charge in [-0.1, -0.05) is 35.3 Å². The molecule has 8 heteroatoms. The van der Waals surface area contributed by atoms with Crippen LogP contribution in [0, 0.1) is 0 Å². The van der Waals surface area contributed by atoms with Crippen molar-refractivity contribution in [3.8, 4) is 0 Å². The van der Waals surface area contributed by atoms with Crippen LogP contribution in [0.1, 0.15) is 15.9 Å². The summed E-state index contributed by atoms with van der Waals surface area (Å²) in [7, 11) is 0. The van der Waals surface area contributed by atoms with E-state index < -0.39 is 17.5 Å². The Kier molecular flexibility index (Phi) is 4.06. The van der Waals surface area contributed by atoms with Gasteiger partial charge in [-0.15, -0.1) is 0 Å². The zero-order valence-corrected chi connectivity index (χ0v) is 11.3. The van der Waals surface area contributed by atoms with Crippen molar-refractivity contribution in [2.75, 3.05) is 0 Å². The van der Waals surface area contributed by atoms with Crippen molar-refractivity contribution in [3.63, 3.8) is 0 Å². The van der Waals surface area contributed by atoms with E-state index in [1.807, 2.05) is 0 Å². The number of aromatic nitrogens is 2. The molecule has 0 fully saturated rings. The first-order valence-electron chi connectivity index (χ1n) is 5.36. The lowest BCUT2D eigenvalue weighted by molar-refractivity contribution is -0.0885. The van der Waals surface area contributed by atoms with Crippen molar-refractivity contribution in [3.05, 3.63) is 51.8 Å². The number of nitrogens with zero attached hydrogens (tertiary/aromatic N) is 2. The summed E-state index contributed by atoms with van der Waals surface area (Å²) in [5.74, 6) is -1.93. The quantitative estimate of drug-likeness (QED) is 0.801. The second-order valence-electron chi connectivity index (χ2n) is 3.97. The van der Waals surface area contributed by atoms with Gasteiger partial charge in [0.25, 0.3) is 5.78 Å². The van der Waals surface area contributed by atoms with E-state index in [1.165, 1.54) is 4.68 Å². The summed E-state index contributed by atoms with van der Waals surface area (Å²) < 4.78 is 38.0. The summed E-state index contributed by atoms with van der Waals surface area (Å²) in [6, 6.07) is 4.92. The number of carbonyl (C=O) groups excluding carboxylic acids is 1. The van der Waals surface area contributed by atoms with E-state index >= 15 is 0 Å². The Morgan fingerprint density at radius 2 is 2.00 bits per heavy atom. The lowest BCUT2D eigenvalue weighted by Gasteiger charge is -2.05. The molecule has 0 amide bonds. The van der Waals surface area contributed by atoms with Crippen molar-refractivity contribution in [2.24, 2.45) is 0 Å². The lowest BCUT2D eigenvalue weighted by Crippen LogP contribution is -2.22. The van der Waals surface area contributed by atoms with E-state index in [4.69, 9.17) is 23.2 Å². The number of alkyl halides is 3. The molecule has 0 unspecified atom stereocenters. The Bertz CT molecular complexity index is 652. The predicted octanol–water partition coefficient (Wildman–Crippen LogP) is 3.98. The maximum Gasteiger partial charge on any atom is 0.454 e. The van der Waals surface area contributed by atoms with Crippen molar-refractivity contribution < 1.29 is 18.0 Å². The number of Topliss-reactive ketones (excluding diaryl/α,β-unsaturated/α-hetero) is 1. The van der Waals surface area contributed by atoms with Crippen molar-refractivity contribution in [2.45, 2.75) is 12.7 Å². The van der Waals surface area contributed by atoms with Crippen LogP contribution < -0.4 is 0 Å². The Labute approximate surface area is 121 Å². The first-order chi connectivity index (χ1) is 9.29. The molecule has 0 atom stereocenters. The lowest BCUT2D eigenvalue weighted by atomic mass is 10.2. The van der Waals surface area contributed by atoms with Gasteiger partial charge in [-0.3, -0.25) is 9.48 Å². The highest BCUT2D eigenvalue weighted by atomic mass is 35.5. The number of ketones is 1. The minimum atomic E-state index is -4.92. The molecule has 1 aromatic heterocycles. The van der Waals surface area contributed by atoms with Crippen LogP contribution in [0.25, 0.3) is 0 Å². The Morgan fingerprint density at radius 1 is 1.30 bits per heavy atom. The molecule has 106 valence electrons. The largest absolute Gasteiger partial charge is 0.454 e. The van der Waals surface area contributed by atoms with Gasteiger partial charge in [-0.05, 0) is 11.6 Å². The molecular formula is C12H7Cl2F3N2O. The molecule has 0 saturated carbocycles. The number of hydrogen-bond acceptors (Lipinski definition) is 2. The van der Waals surface area contributed by atoms with Crippen molar-refractivity contribution in [1.82, 2.24) is 9.78 Å². The average molecular weight is 323 g/mol. The minimum absolute atomic E-state index is 0.116. The van der Waals surface area contributed by atoms with Crippen LogP contribution >= 0.6 is 23.2 Å². The Hall–Kier alpha value is -1.53. The molecule has 0 aliphatic carbocycles. The third-order valence-corrected chi connectivity index (χ3v) is 3.37. The maximum absolute atomic E-state index is 12.3. The molecule has 0 radical (unpaired) electrons. The van der Waals surface area contributed by atoms with E-state index in [2.05, 4.69) is 5.10 Å². The molecule has 0 spiro atoms. The van der Waals surface area contributed by atoms with Crippen LogP contribution in [-0.4, -0.2) is 21.7 Å². The fraction of sp³-hybridized carbons (Fsp3) is 0.167. The van der Waals surface area contributed by atoms with Gasteiger partial charge >= 0.3 is 6.18 Å². The molecule has 0 aliphatic heterocycles. The highest BCUT2D eigenvalue weighted by Crippen LogP contribution is 2.26. The van der Waals surface area contributed by atoms with Crippen LogP contribution in [-0.2, 0) is 6.54 Å². The van der Waals surface area contributed by atoms with E-state index in [0.29, 0.717) is 15.6 Å². The first kappa shape index (κ1) is 14.9. The number of benzene rings is 1. The molecular weight excluding hydrogens is 316 g/mol. The van der Waals surface area contributed by atoms with Gasteiger partial charge in [-0.2, -0.15) is 18.3 Å². The standard InChI is InChI=1S/C12H7Cl2F3N2O/c13-9-3-1-2-7(10(9)14)5-19-6-8(4-18-19)11(20)12(15,16)17/h1-4,6H,5H2. The Morgan fingerprint density at radius 3 is 2.65 bits per heavy atom. The molecule has 1 aromatic carbocycles. The highest BCUT2D eigenvalue weighted by molar-refractivity contribution is 6.42. The number of halogens is 5. The zero-order chi connectivity index (χ0) is 14.9. The average Bonchev–Trinajstić information content (AvgIpc) is 2.81. The summed E-state index contributed by atoms with van der Waals surface area (Å²) in [5.41, 5.74) is 0.0731. The molecule has 0 N–H and O–H groups in total. The number of hydrogen-bond donors (Lipinski definition) is 0. The van der Waals surface area contributed by atoms with Gasteiger partial charge in [0.2, 0.25) is 0 Å². The second kappa shape index (κ2) is 5.46. The van der Waals surface area contributed by atoms with E-state index in [9.17, 15) is 18.0 Å². The van der Waals surface area contributed by atoms with Crippen LogP contribution in [0.3, 0.4) is 0 Å². The van der Waals surface area contributed by atoms with Crippen molar-refractivity contribution >= 4 is 29.0 Å². The van der Waals surface area contributed by atoms with Gasteiger partial charge in [0.15, 0.2) is 0 Å². The van der Waals surface area contributed by atoms with Crippen LogP contribution in [0.4, 0.5) is 13.2 Å². The highest BCUT2D eigenvalue weighted by Gasteiger charge is 2.39.